The van der Waals surface area contributed by atoms with Gasteiger partial charge in [0.2, 0.25) is 5.91 Å². The van der Waals surface area contributed by atoms with E-state index in [9.17, 15) is 4.79 Å². The van der Waals surface area contributed by atoms with Crippen molar-refractivity contribution < 1.29 is 4.79 Å². The monoisotopic (exact) mass is 351 g/mol. The number of rotatable bonds is 4. The Kier molecular flexibility index (Phi) is 5.56. The number of halogens is 1. The number of amides is 1. The Bertz CT molecular complexity index is 562. The van der Waals surface area contributed by atoms with E-state index >= 15 is 0 Å². The van der Waals surface area contributed by atoms with E-state index in [4.69, 9.17) is 11.6 Å². The lowest BCUT2D eigenvalue weighted by atomic mass is 10.2. The molecule has 2 aliphatic rings. The fourth-order valence-corrected chi connectivity index (χ4v) is 3.79. The Morgan fingerprint density at radius 1 is 1.25 bits per heavy atom. The molecule has 1 aliphatic heterocycles. The first-order valence-corrected chi connectivity index (χ1v) is 9.21. The highest BCUT2D eigenvalue weighted by atomic mass is 35.5. The number of hydrogen-bond acceptors (Lipinski definition) is 5. The molecule has 24 heavy (non-hydrogen) atoms. The van der Waals surface area contributed by atoms with Crippen LogP contribution in [0.25, 0.3) is 0 Å². The Balaban J connectivity index is 1.53. The van der Waals surface area contributed by atoms with Gasteiger partial charge in [0.05, 0.1) is 6.04 Å². The second-order valence-corrected chi connectivity index (χ2v) is 7.17. The average Bonchev–Trinajstić information content (AvgIpc) is 3.06. The van der Waals surface area contributed by atoms with Gasteiger partial charge in [-0.15, -0.1) is 0 Å². The highest BCUT2D eigenvalue weighted by Crippen LogP contribution is 2.20. The zero-order valence-corrected chi connectivity index (χ0v) is 15.2. The van der Waals surface area contributed by atoms with Gasteiger partial charge >= 0.3 is 0 Å². The Labute approximate surface area is 148 Å². The molecule has 6 nitrogen and oxygen atoms in total. The second-order valence-electron chi connectivity index (χ2n) is 6.79. The number of aryl methyl sites for hydroxylation is 1. The van der Waals surface area contributed by atoms with Crippen molar-refractivity contribution in [1.29, 1.82) is 0 Å². The van der Waals surface area contributed by atoms with Crippen molar-refractivity contribution in [3.8, 4) is 0 Å². The van der Waals surface area contributed by atoms with Crippen molar-refractivity contribution in [3.05, 3.63) is 17.0 Å². The Hall–Kier alpha value is -1.40. The molecule has 0 radical (unpaired) electrons. The van der Waals surface area contributed by atoms with E-state index in [1.54, 1.807) is 6.07 Å². The molecule has 1 atom stereocenters. The van der Waals surface area contributed by atoms with Crippen LogP contribution in [0, 0.1) is 6.92 Å². The van der Waals surface area contributed by atoms with Gasteiger partial charge in [0.15, 0.2) is 0 Å². The minimum Gasteiger partial charge on any atom is -0.354 e. The molecule has 0 bridgehead atoms. The summed E-state index contributed by atoms with van der Waals surface area (Å²) in [4.78, 5) is 25.5. The van der Waals surface area contributed by atoms with Crippen LogP contribution in [-0.2, 0) is 4.79 Å². The van der Waals surface area contributed by atoms with Crippen LogP contribution in [0.4, 0.5) is 5.82 Å². The smallest absolute Gasteiger partial charge is 0.237 e. The van der Waals surface area contributed by atoms with Gasteiger partial charge in [-0.05, 0) is 26.7 Å². The van der Waals surface area contributed by atoms with Crippen molar-refractivity contribution in [2.24, 2.45) is 0 Å². The fourth-order valence-electron chi connectivity index (χ4n) is 3.57. The van der Waals surface area contributed by atoms with Gasteiger partial charge in [-0.3, -0.25) is 9.69 Å². The summed E-state index contributed by atoms with van der Waals surface area (Å²) in [5.41, 5.74) is 0. The minimum absolute atomic E-state index is 0.0801. The highest BCUT2D eigenvalue weighted by molar-refractivity contribution is 6.29. The molecule has 1 unspecified atom stereocenters. The van der Waals surface area contributed by atoms with Gasteiger partial charge in [0.1, 0.15) is 16.8 Å². The molecule has 0 aromatic carbocycles. The predicted octanol–water partition coefficient (Wildman–Crippen LogP) is 2.01. The molecule has 1 saturated carbocycles. The first kappa shape index (κ1) is 17.4. The molecule has 0 spiro atoms. The number of aromatic nitrogens is 2. The second kappa shape index (κ2) is 7.66. The first-order chi connectivity index (χ1) is 11.5. The number of carbonyl (C=O) groups is 1. The molecule has 3 rings (SSSR count). The topological polar surface area (TPSA) is 61.4 Å². The van der Waals surface area contributed by atoms with E-state index in [1.807, 2.05) is 13.8 Å². The Morgan fingerprint density at radius 2 is 1.92 bits per heavy atom. The molecular weight excluding hydrogens is 326 g/mol. The lowest BCUT2D eigenvalue weighted by Crippen LogP contribution is -2.55. The van der Waals surface area contributed by atoms with Crippen LogP contribution in [-0.4, -0.2) is 59.0 Å². The summed E-state index contributed by atoms with van der Waals surface area (Å²) in [5.74, 6) is 1.72. The van der Waals surface area contributed by atoms with Crippen molar-refractivity contribution in [2.75, 3.05) is 31.1 Å². The predicted molar refractivity (Wildman–Crippen MR) is 95.4 cm³/mol. The molecule has 1 aliphatic carbocycles. The summed E-state index contributed by atoms with van der Waals surface area (Å²) in [5, 5.41) is 3.68. The number of piperazine rings is 1. The number of nitrogens with one attached hydrogen (secondary N) is 1. The fraction of sp³-hybridized carbons (Fsp3) is 0.706. The molecule has 1 aromatic heterocycles. The van der Waals surface area contributed by atoms with Crippen LogP contribution in [0.2, 0.25) is 5.15 Å². The third-order valence-electron chi connectivity index (χ3n) is 5.06. The summed E-state index contributed by atoms with van der Waals surface area (Å²) < 4.78 is 0. The van der Waals surface area contributed by atoms with Gasteiger partial charge in [-0.1, -0.05) is 24.4 Å². The molecule has 2 heterocycles. The normalized spacial score (nSPS) is 21.0. The molecule has 1 aromatic rings. The summed E-state index contributed by atoms with van der Waals surface area (Å²) >= 11 is 6.03. The van der Waals surface area contributed by atoms with Crippen LogP contribution >= 0.6 is 11.6 Å². The van der Waals surface area contributed by atoms with Gasteiger partial charge in [0, 0.05) is 38.3 Å². The number of nitrogens with zero attached hydrogens (tertiary/aromatic N) is 4. The number of carbonyl (C=O) groups excluding carboxylic acids is 1. The maximum Gasteiger partial charge on any atom is 0.237 e. The third kappa shape index (κ3) is 4.16. The molecule has 1 saturated heterocycles. The maximum atomic E-state index is 12.4. The standard InChI is InChI=1S/C17H26ClN5O/c1-12(17(24)21-14-5-3-4-6-14)22-7-9-23(10-8-22)16-11-15(18)19-13(2)20-16/h11-12,14H,3-10H2,1-2H3,(H,21,24). The summed E-state index contributed by atoms with van der Waals surface area (Å²) in [6.07, 6.45) is 4.72. The molecular formula is C17H26ClN5O. The molecule has 132 valence electrons. The van der Waals surface area contributed by atoms with E-state index < -0.39 is 0 Å². The highest BCUT2D eigenvalue weighted by Gasteiger charge is 2.28. The van der Waals surface area contributed by atoms with Gasteiger partial charge < -0.3 is 10.2 Å². The van der Waals surface area contributed by atoms with Crippen molar-refractivity contribution in [2.45, 2.75) is 51.6 Å². The zero-order chi connectivity index (χ0) is 17.1. The quantitative estimate of drug-likeness (QED) is 0.841. The third-order valence-corrected chi connectivity index (χ3v) is 5.25. The van der Waals surface area contributed by atoms with E-state index in [1.165, 1.54) is 12.8 Å². The van der Waals surface area contributed by atoms with E-state index in [2.05, 4.69) is 25.1 Å². The summed E-state index contributed by atoms with van der Waals surface area (Å²) in [6.45, 7) is 7.23. The van der Waals surface area contributed by atoms with E-state index in [0.717, 1.165) is 44.8 Å². The largest absolute Gasteiger partial charge is 0.354 e. The Morgan fingerprint density at radius 3 is 2.54 bits per heavy atom. The van der Waals surface area contributed by atoms with Gasteiger partial charge in [-0.25, -0.2) is 9.97 Å². The van der Waals surface area contributed by atoms with E-state index in [-0.39, 0.29) is 11.9 Å². The van der Waals surface area contributed by atoms with Crippen LogP contribution in [0.5, 0.6) is 0 Å². The maximum absolute atomic E-state index is 12.4. The molecule has 1 N–H and O–H groups in total. The number of anilines is 1. The average molecular weight is 352 g/mol. The SMILES string of the molecule is Cc1nc(Cl)cc(N2CCN(C(C)C(=O)NC3CCCC3)CC2)n1. The molecule has 7 heteroatoms. The molecule has 1 amide bonds. The number of hydrogen-bond donors (Lipinski definition) is 1. The van der Waals surface area contributed by atoms with Gasteiger partial charge in [-0.2, -0.15) is 0 Å². The van der Waals surface area contributed by atoms with E-state index in [0.29, 0.717) is 17.0 Å². The van der Waals surface area contributed by atoms with Crippen LogP contribution in [0.3, 0.4) is 0 Å². The van der Waals surface area contributed by atoms with Crippen molar-refractivity contribution in [3.63, 3.8) is 0 Å². The van der Waals surface area contributed by atoms with Crippen molar-refractivity contribution in [1.82, 2.24) is 20.2 Å². The van der Waals surface area contributed by atoms with Crippen LogP contribution in [0.1, 0.15) is 38.4 Å². The molecule has 2 fully saturated rings. The lowest BCUT2D eigenvalue weighted by Gasteiger charge is -2.38. The lowest BCUT2D eigenvalue weighted by molar-refractivity contribution is -0.126. The van der Waals surface area contributed by atoms with Crippen molar-refractivity contribution >= 4 is 23.3 Å². The zero-order valence-electron chi connectivity index (χ0n) is 14.5. The van der Waals surface area contributed by atoms with Gasteiger partial charge in [0.25, 0.3) is 0 Å². The van der Waals surface area contributed by atoms with Crippen LogP contribution < -0.4 is 10.2 Å². The minimum atomic E-state index is -0.0801. The van der Waals surface area contributed by atoms with Crippen LogP contribution in [0.15, 0.2) is 6.07 Å². The summed E-state index contributed by atoms with van der Waals surface area (Å²) in [7, 11) is 0. The summed E-state index contributed by atoms with van der Waals surface area (Å²) in [6, 6.07) is 2.11. The first-order valence-electron chi connectivity index (χ1n) is 8.83.